The zero-order valence-electron chi connectivity index (χ0n) is 14.8. The van der Waals surface area contributed by atoms with Crippen LogP contribution in [0.2, 0.25) is 0 Å². The summed E-state index contributed by atoms with van der Waals surface area (Å²) in [5.74, 6) is -0.786. The maximum Gasteiger partial charge on any atom is 0.235 e. The molecule has 0 saturated heterocycles. The first kappa shape index (κ1) is 19.8. The summed E-state index contributed by atoms with van der Waals surface area (Å²) in [5, 5.41) is 0. The molecule has 0 aromatic rings. The van der Waals surface area contributed by atoms with E-state index >= 15 is 0 Å². The van der Waals surface area contributed by atoms with Crippen LogP contribution in [0.25, 0.3) is 0 Å². The third kappa shape index (κ3) is 6.08. The van der Waals surface area contributed by atoms with E-state index in [1.54, 1.807) is 0 Å². The summed E-state index contributed by atoms with van der Waals surface area (Å²) in [7, 11) is 0. The molecule has 0 amide bonds. The van der Waals surface area contributed by atoms with Crippen molar-refractivity contribution in [1.29, 1.82) is 0 Å². The standard InChI is InChI=1S/C16H34O4/c1-10-14(6,7)17-19-16(12-3,13(4)5)20-18-15(8,9)11-2/h13H,10-12H2,1-9H3. The second-order valence-electron chi connectivity index (χ2n) is 6.88. The molecule has 0 heterocycles. The van der Waals surface area contributed by atoms with Crippen molar-refractivity contribution >= 4 is 0 Å². The minimum absolute atomic E-state index is 0.104. The molecule has 0 saturated carbocycles. The number of hydrogen-bond donors (Lipinski definition) is 0. The van der Waals surface area contributed by atoms with Crippen molar-refractivity contribution in [3.63, 3.8) is 0 Å². The van der Waals surface area contributed by atoms with E-state index in [0.717, 1.165) is 12.8 Å². The van der Waals surface area contributed by atoms with E-state index in [1.165, 1.54) is 0 Å². The first-order chi connectivity index (χ1) is 9.04. The molecule has 0 spiro atoms. The molecule has 0 fully saturated rings. The Hall–Kier alpha value is -0.160. The van der Waals surface area contributed by atoms with Crippen molar-refractivity contribution in [3.05, 3.63) is 0 Å². The Balaban J connectivity index is 4.84. The van der Waals surface area contributed by atoms with Gasteiger partial charge in [0, 0.05) is 12.3 Å². The summed E-state index contributed by atoms with van der Waals surface area (Å²) in [6.45, 7) is 18.2. The Morgan fingerprint density at radius 2 is 1.00 bits per heavy atom. The topological polar surface area (TPSA) is 36.9 Å². The second-order valence-corrected chi connectivity index (χ2v) is 6.88. The average molecular weight is 290 g/mol. The molecule has 0 bridgehead atoms. The van der Waals surface area contributed by atoms with E-state index in [2.05, 4.69) is 13.8 Å². The van der Waals surface area contributed by atoms with E-state index in [4.69, 9.17) is 19.6 Å². The van der Waals surface area contributed by atoms with Gasteiger partial charge in [-0.15, -0.1) is 0 Å². The van der Waals surface area contributed by atoms with E-state index < -0.39 is 5.79 Å². The molecule has 20 heavy (non-hydrogen) atoms. The van der Waals surface area contributed by atoms with Gasteiger partial charge in [-0.3, -0.25) is 0 Å². The van der Waals surface area contributed by atoms with Crippen LogP contribution in [0, 0.1) is 5.92 Å². The minimum Gasteiger partial charge on any atom is -0.228 e. The molecule has 122 valence electrons. The summed E-state index contributed by atoms with van der Waals surface area (Å²) in [4.78, 5) is 22.6. The van der Waals surface area contributed by atoms with Crippen LogP contribution in [-0.4, -0.2) is 17.0 Å². The molecule has 0 aromatic heterocycles. The fourth-order valence-corrected chi connectivity index (χ4v) is 1.22. The molecule has 4 heteroatoms. The highest BCUT2D eigenvalue weighted by Gasteiger charge is 2.40. The third-order valence-corrected chi connectivity index (χ3v) is 3.89. The summed E-state index contributed by atoms with van der Waals surface area (Å²) in [6, 6.07) is 0. The maximum absolute atomic E-state index is 5.69. The van der Waals surface area contributed by atoms with Crippen molar-refractivity contribution < 1.29 is 19.6 Å². The van der Waals surface area contributed by atoms with Crippen LogP contribution in [0.5, 0.6) is 0 Å². The van der Waals surface area contributed by atoms with Crippen LogP contribution in [0.3, 0.4) is 0 Å². The third-order valence-electron chi connectivity index (χ3n) is 3.89. The molecule has 0 aliphatic heterocycles. The van der Waals surface area contributed by atoms with Gasteiger partial charge in [-0.1, -0.05) is 34.6 Å². The van der Waals surface area contributed by atoms with Crippen LogP contribution < -0.4 is 0 Å². The molecule has 0 aliphatic rings. The molecule has 0 unspecified atom stereocenters. The van der Waals surface area contributed by atoms with Gasteiger partial charge in [0.15, 0.2) is 0 Å². The predicted molar refractivity (Wildman–Crippen MR) is 80.9 cm³/mol. The highest BCUT2D eigenvalue weighted by atomic mass is 17.3. The lowest BCUT2D eigenvalue weighted by atomic mass is 10.0. The lowest BCUT2D eigenvalue weighted by Crippen LogP contribution is -2.45. The first-order valence-electron chi connectivity index (χ1n) is 7.78. The van der Waals surface area contributed by atoms with Crippen molar-refractivity contribution in [1.82, 2.24) is 0 Å². The number of rotatable bonds is 10. The van der Waals surface area contributed by atoms with Crippen LogP contribution in [-0.2, 0) is 19.6 Å². The largest absolute Gasteiger partial charge is 0.235 e. The van der Waals surface area contributed by atoms with Crippen LogP contribution in [0.1, 0.15) is 81.6 Å². The molecule has 4 nitrogen and oxygen atoms in total. The number of hydrogen-bond acceptors (Lipinski definition) is 4. The molecule has 0 aliphatic carbocycles. The lowest BCUT2D eigenvalue weighted by Gasteiger charge is -2.38. The lowest BCUT2D eigenvalue weighted by molar-refractivity contribution is -0.553. The monoisotopic (exact) mass is 290 g/mol. The molecule has 0 atom stereocenters. The molecule has 0 rings (SSSR count). The Morgan fingerprint density at radius 1 is 0.650 bits per heavy atom. The van der Waals surface area contributed by atoms with Gasteiger partial charge in [0.1, 0.15) is 0 Å². The fourth-order valence-electron chi connectivity index (χ4n) is 1.22. The normalized spacial score (nSPS) is 14.1. The zero-order valence-corrected chi connectivity index (χ0v) is 14.8. The van der Waals surface area contributed by atoms with E-state index in [1.807, 2.05) is 48.5 Å². The average Bonchev–Trinajstić information content (AvgIpc) is 2.39. The summed E-state index contributed by atoms with van der Waals surface area (Å²) in [6.07, 6.45) is 2.35. The quantitative estimate of drug-likeness (QED) is 0.321. The molecule has 0 radical (unpaired) electrons. The highest BCUT2D eigenvalue weighted by Crippen LogP contribution is 2.32. The van der Waals surface area contributed by atoms with Crippen LogP contribution in [0.4, 0.5) is 0 Å². The van der Waals surface area contributed by atoms with E-state index in [-0.39, 0.29) is 17.1 Å². The second kappa shape index (κ2) is 7.74. The Morgan fingerprint density at radius 3 is 1.20 bits per heavy atom. The smallest absolute Gasteiger partial charge is 0.228 e. The molecular weight excluding hydrogens is 256 g/mol. The predicted octanol–water partition coefficient (Wildman–Crippen LogP) is 5.02. The van der Waals surface area contributed by atoms with Crippen molar-refractivity contribution in [2.75, 3.05) is 0 Å². The molecule has 0 aromatic carbocycles. The minimum atomic E-state index is -0.890. The van der Waals surface area contributed by atoms with Gasteiger partial charge in [0.25, 0.3) is 0 Å². The van der Waals surface area contributed by atoms with Crippen molar-refractivity contribution in [2.45, 2.75) is 98.6 Å². The molecular formula is C16H34O4. The summed E-state index contributed by atoms with van der Waals surface area (Å²) < 4.78 is 0. The van der Waals surface area contributed by atoms with Crippen molar-refractivity contribution in [3.8, 4) is 0 Å². The van der Waals surface area contributed by atoms with Gasteiger partial charge < -0.3 is 0 Å². The van der Waals surface area contributed by atoms with Crippen LogP contribution in [0.15, 0.2) is 0 Å². The van der Waals surface area contributed by atoms with Gasteiger partial charge in [0.2, 0.25) is 5.79 Å². The van der Waals surface area contributed by atoms with Crippen molar-refractivity contribution in [2.24, 2.45) is 5.92 Å². The fraction of sp³-hybridized carbons (Fsp3) is 1.00. The highest BCUT2D eigenvalue weighted by molar-refractivity contribution is 4.72. The zero-order chi connectivity index (χ0) is 16.0. The Bertz CT molecular complexity index is 252. The van der Waals surface area contributed by atoms with Gasteiger partial charge in [-0.25, -0.2) is 9.78 Å². The molecule has 0 N–H and O–H groups in total. The van der Waals surface area contributed by atoms with Gasteiger partial charge >= 0.3 is 0 Å². The Kier molecular flexibility index (Phi) is 7.67. The van der Waals surface area contributed by atoms with E-state index in [9.17, 15) is 0 Å². The summed E-state index contributed by atoms with van der Waals surface area (Å²) in [5.41, 5.74) is -0.697. The van der Waals surface area contributed by atoms with E-state index in [0.29, 0.717) is 6.42 Å². The van der Waals surface area contributed by atoms with Crippen LogP contribution >= 0.6 is 0 Å². The SMILES string of the molecule is CCC(C)(C)OOC(CC)(OOC(C)(C)CC)C(C)C. The first-order valence-corrected chi connectivity index (χ1v) is 7.78. The van der Waals surface area contributed by atoms with Gasteiger partial charge in [-0.2, -0.15) is 9.78 Å². The van der Waals surface area contributed by atoms with Gasteiger partial charge in [0.05, 0.1) is 11.2 Å². The summed E-state index contributed by atoms with van der Waals surface area (Å²) >= 11 is 0. The Labute approximate surface area is 125 Å². The van der Waals surface area contributed by atoms with Gasteiger partial charge in [-0.05, 0) is 40.5 Å². The maximum atomic E-state index is 5.69.